The Morgan fingerprint density at radius 2 is 2.12 bits per heavy atom. The summed E-state index contributed by atoms with van der Waals surface area (Å²) in [5.41, 5.74) is 9.08. The summed E-state index contributed by atoms with van der Waals surface area (Å²) in [7, 11) is 0. The predicted molar refractivity (Wildman–Crippen MR) is 103 cm³/mol. The molecule has 3 rings (SSSR count). The smallest absolute Gasteiger partial charge is 0.341 e. The van der Waals surface area contributed by atoms with Crippen LogP contribution in [-0.2, 0) is 24.1 Å². The third-order valence-electron chi connectivity index (χ3n) is 4.50. The number of nitrogens with zero attached hydrogens (tertiary/aromatic N) is 1. The fourth-order valence-corrected chi connectivity index (χ4v) is 4.53. The summed E-state index contributed by atoms with van der Waals surface area (Å²) < 4.78 is 5.15. The van der Waals surface area contributed by atoms with Gasteiger partial charge in [0.15, 0.2) is 0 Å². The Labute approximate surface area is 157 Å². The number of thiophene rings is 1. The second-order valence-electron chi connectivity index (χ2n) is 6.22. The quantitative estimate of drug-likeness (QED) is 0.767. The Morgan fingerprint density at radius 3 is 2.84 bits per heavy atom. The number of fused-ring (bicyclic) bond motifs is 1. The molecular weight excluding hydrogens is 356 g/mol. The van der Waals surface area contributed by atoms with Gasteiger partial charge in [0.25, 0.3) is 0 Å². The zero-order chi connectivity index (χ0) is 17.8. The molecule has 0 unspecified atom stereocenters. The van der Waals surface area contributed by atoms with Gasteiger partial charge in [0.2, 0.25) is 0 Å². The van der Waals surface area contributed by atoms with Crippen LogP contribution in [0.1, 0.15) is 39.7 Å². The van der Waals surface area contributed by atoms with E-state index in [1.807, 2.05) is 19.1 Å². The average molecular weight is 379 g/mol. The first kappa shape index (κ1) is 18.2. The first-order chi connectivity index (χ1) is 12.1. The molecule has 0 amide bonds. The van der Waals surface area contributed by atoms with Gasteiger partial charge in [-0.25, -0.2) is 4.79 Å². The first-order valence-electron chi connectivity index (χ1n) is 8.62. The lowest BCUT2D eigenvalue weighted by Crippen LogP contribution is -2.31. The van der Waals surface area contributed by atoms with Gasteiger partial charge in [-0.2, -0.15) is 0 Å². The number of hydrogen-bond donors (Lipinski definition) is 1. The van der Waals surface area contributed by atoms with E-state index in [1.54, 1.807) is 0 Å². The van der Waals surface area contributed by atoms with Crippen molar-refractivity contribution >= 4 is 33.9 Å². The molecule has 134 valence electrons. The second kappa shape index (κ2) is 8.21. The summed E-state index contributed by atoms with van der Waals surface area (Å²) in [6.07, 6.45) is 3.00. The number of aryl methyl sites for hydroxylation is 1. The number of esters is 1. The molecule has 0 fully saturated rings. The minimum atomic E-state index is -0.284. The number of ether oxygens (including phenoxy) is 1. The molecule has 0 saturated carbocycles. The molecule has 25 heavy (non-hydrogen) atoms. The van der Waals surface area contributed by atoms with Gasteiger partial charge >= 0.3 is 5.97 Å². The second-order valence-corrected chi connectivity index (χ2v) is 7.79. The van der Waals surface area contributed by atoms with E-state index in [1.165, 1.54) is 21.8 Å². The van der Waals surface area contributed by atoms with Crippen molar-refractivity contribution in [2.45, 2.75) is 32.7 Å². The van der Waals surface area contributed by atoms with Gasteiger partial charge in [-0.1, -0.05) is 23.7 Å². The number of carbonyl (C=O) groups excluding carboxylic acids is 1. The van der Waals surface area contributed by atoms with Gasteiger partial charge < -0.3 is 10.5 Å². The van der Waals surface area contributed by atoms with E-state index in [9.17, 15) is 4.79 Å². The Morgan fingerprint density at radius 1 is 1.36 bits per heavy atom. The number of carbonyl (C=O) groups is 1. The van der Waals surface area contributed by atoms with Gasteiger partial charge in [-0.15, -0.1) is 11.3 Å². The first-order valence-corrected chi connectivity index (χ1v) is 9.82. The number of rotatable bonds is 6. The Kier molecular flexibility index (Phi) is 5.99. The van der Waals surface area contributed by atoms with Gasteiger partial charge in [0.1, 0.15) is 5.00 Å². The summed E-state index contributed by atoms with van der Waals surface area (Å²) in [6.45, 7) is 5.05. The van der Waals surface area contributed by atoms with Crippen molar-refractivity contribution in [1.29, 1.82) is 0 Å². The van der Waals surface area contributed by atoms with Crippen molar-refractivity contribution in [2.24, 2.45) is 0 Å². The molecular formula is C19H23ClN2O2S. The van der Waals surface area contributed by atoms with E-state index >= 15 is 0 Å². The number of nitrogens with two attached hydrogens (primary N) is 1. The molecule has 4 nitrogen and oxygen atoms in total. The molecule has 1 aliphatic heterocycles. The van der Waals surface area contributed by atoms with E-state index in [2.05, 4.69) is 17.0 Å². The lowest BCUT2D eigenvalue weighted by atomic mass is 10.0. The van der Waals surface area contributed by atoms with Crippen LogP contribution in [0.15, 0.2) is 24.3 Å². The van der Waals surface area contributed by atoms with Crippen molar-refractivity contribution in [2.75, 3.05) is 25.4 Å². The monoisotopic (exact) mass is 378 g/mol. The van der Waals surface area contributed by atoms with E-state index in [0.717, 1.165) is 49.5 Å². The molecule has 0 bridgehead atoms. The molecule has 0 aliphatic carbocycles. The summed E-state index contributed by atoms with van der Waals surface area (Å²) in [4.78, 5) is 15.8. The van der Waals surface area contributed by atoms with Crippen LogP contribution < -0.4 is 5.73 Å². The summed E-state index contributed by atoms with van der Waals surface area (Å²) >= 11 is 7.45. The van der Waals surface area contributed by atoms with Crippen LogP contribution in [0.5, 0.6) is 0 Å². The molecule has 0 saturated heterocycles. The van der Waals surface area contributed by atoms with Gasteiger partial charge in [0.05, 0.1) is 12.2 Å². The number of hydrogen-bond acceptors (Lipinski definition) is 5. The van der Waals surface area contributed by atoms with Crippen LogP contribution >= 0.6 is 22.9 Å². The topological polar surface area (TPSA) is 55.6 Å². The minimum Gasteiger partial charge on any atom is -0.462 e. The minimum absolute atomic E-state index is 0.284. The molecule has 2 heterocycles. The maximum absolute atomic E-state index is 12.1. The highest BCUT2D eigenvalue weighted by Gasteiger charge is 2.27. The molecule has 1 aromatic carbocycles. The molecule has 6 heteroatoms. The fourth-order valence-electron chi connectivity index (χ4n) is 3.25. The largest absolute Gasteiger partial charge is 0.462 e. The van der Waals surface area contributed by atoms with Crippen LogP contribution in [0.4, 0.5) is 5.00 Å². The maximum atomic E-state index is 12.1. The SMILES string of the molecule is CCOC(=O)c1c(N)sc2c1CCN(CCCc1ccc(Cl)cc1)C2. The van der Waals surface area contributed by atoms with Crippen molar-refractivity contribution < 1.29 is 9.53 Å². The van der Waals surface area contributed by atoms with Crippen molar-refractivity contribution in [3.8, 4) is 0 Å². The van der Waals surface area contributed by atoms with Crippen LogP contribution in [0, 0.1) is 0 Å². The highest BCUT2D eigenvalue weighted by molar-refractivity contribution is 7.16. The zero-order valence-corrected chi connectivity index (χ0v) is 16.0. The molecule has 1 aromatic heterocycles. The van der Waals surface area contributed by atoms with Crippen LogP contribution in [0.2, 0.25) is 5.02 Å². The van der Waals surface area contributed by atoms with Crippen molar-refractivity contribution in [3.63, 3.8) is 0 Å². The van der Waals surface area contributed by atoms with E-state index in [0.29, 0.717) is 17.2 Å². The van der Waals surface area contributed by atoms with E-state index in [4.69, 9.17) is 22.1 Å². The summed E-state index contributed by atoms with van der Waals surface area (Å²) in [6, 6.07) is 8.05. The number of anilines is 1. The Hall–Kier alpha value is -1.56. The lowest BCUT2D eigenvalue weighted by Gasteiger charge is -2.27. The normalized spacial score (nSPS) is 14.3. The van der Waals surface area contributed by atoms with Crippen LogP contribution in [0.3, 0.4) is 0 Å². The van der Waals surface area contributed by atoms with Gasteiger partial charge in [0, 0.05) is 23.0 Å². The molecule has 1 aliphatic rings. The lowest BCUT2D eigenvalue weighted by molar-refractivity contribution is 0.0526. The van der Waals surface area contributed by atoms with Gasteiger partial charge in [-0.3, -0.25) is 4.90 Å². The third kappa shape index (κ3) is 4.35. The third-order valence-corrected chi connectivity index (χ3v) is 5.79. The highest BCUT2D eigenvalue weighted by atomic mass is 35.5. The standard InChI is InChI=1S/C19H23ClN2O2S/c1-2-24-19(23)17-15-9-11-22(12-16(15)25-18(17)21)10-3-4-13-5-7-14(20)8-6-13/h5-8H,2-4,9-12,21H2,1H3. The molecule has 2 N–H and O–H groups in total. The van der Waals surface area contributed by atoms with Crippen molar-refractivity contribution in [1.82, 2.24) is 4.90 Å². The number of halogens is 1. The Bertz CT molecular complexity index is 743. The van der Waals surface area contributed by atoms with Crippen LogP contribution in [-0.4, -0.2) is 30.6 Å². The molecule has 0 radical (unpaired) electrons. The highest BCUT2D eigenvalue weighted by Crippen LogP contribution is 2.35. The molecule has 0 spiro atoms. The fraction of sp³-hybridized carbons (Fsp3) is 0.421. The average Bonchev–Trinajstić information content (AvgIpc) is 2.92. The predicted octanol–water partition coefficient (Wildman–Crippen LogP) is 4.15. The summed E-state index contributed by atoms with van der Waals surface area (Å²) in [5, 5.41) is 1.37. The Balaban J connectivity index is 1.57. The molecule has 0 atom stereocenters. The number of nitrogen functional groups attached to an aromatic ring is 1. The van der Waals surface area contributed by atoms with E-state index < -0.39 is 0 Å². The number of benzene rings is 1. The van der Waals surface area contributed by atoms with Gasteiger partial charge in [-0.05, 0) is 56.0 Å². The summed E-state index contributed by atoms with van der Waals surface area (Å²) in [5.74, 6) is -0.284. The molecule has 2 aromatic rings. The van der Waals surface area contributed by atoms with Crippen molar-refractivity contribution in [3.05, 3.63) is 50.9 Å². The zero-order valence-electron chi connectivity index (χ0n) is 14.4. The maximum Gasteiger partial charge on any atom is 0.341 e. The van der Waals surface area contributed by atoms with E-state index in [-0.39, 0.29) is 5.97 Å². The van der Waals surface area contributed by atoms with Crippen LogP contribution in [0.25, 0.3) is 0 Å².